The lowest BCUT2D eigenvalue weighted by Crippen LogP contribution is -2.42. The van der Waals surface area contributed by atoms with Crippen molar-refractivity contribution < 1.29 is 22.7 Å². The van der Waals surface area contributed by atoms with E-state index in [0.29, 0.717) is 31.7 Å². The van der Waals surface area contributed by atoms with Crippen LogP contribution in [0.5, 0.6) is 5.75 Å². The molecule has 1 aliphatic heterocycles. The first-order chi connectivity index (χ1) is 11.8. The molecule has 25 heavy (non-hydrogen) atoms. The lowest BCUT2D eigenvalue weighted by molar-refractivity contribution is -0.149. The highest BCUT2D eigenvalue weighted by Gasteiger charge is 2.35. The number of sulfonamides is 1. The largest absolute Gasteiger partial charge is 0.492 e. The van der Waals surface area contributed by atoms with Crippen molar-refractivity contribution in [2.45, 2.75) is 31.6 Å². The minimum atomic E-state index is -3.87. The van der Waals surface area contributed by atoms with Crippen LogP contribution in [0.1, 0.15) is 26.7 Å². The van der Waals surface area contributed by atoms with Crippen molar-refractivity contribution in [2.75, 3.05) is 26.3 Å². The zero-order chi connectivity index (χ0) is 18.6. The van der Waals surface area contributed by atoms with Gasteiger partial charge in [-0.2, -0.15) is 4.31 Å². The first kappa shape index (κ1) is 20.3. The van der Waals surface area contributed by atoms with Gasteiger partial charge < -0.3 is 9.47 Å². The van der Waals surface area contributed by atoms with Crippen molar-refractivity contribution in [1.29, 1.82) is 0 Å². The van der Waals surface area contributed by atoms with Crippen LogP contribution in [0.25, 0.3) is 0 Å². The fourth-order valence-corrected chi connectivity index (χ4v) is 5.05. The van der Waals surface area contributed by atoms with E-state index < -0.39 is 15.9 Å². The number of rotatable bonds is 6. The first-order valence-corrected chi connectivity index (χ1v) is 10.3. The summed E-state index contributed by atoms with van der Waals surface area (Å²) < 4.78 is 37.5. The maximum absolute atomic E-state index is 12.9. The molecule has 0 spiro atoms. The maximum Gasteiger partial charge on any atom is 0.310 e. The van der Waals surface area contributed by atoms with Crippen molar-refractivity contribution in [3.05, 3.63) is 22.2 Å². The first-order valence-electron chi connectivity index (χ1n) is 8.09. The molecule has 1 aromatic rings. The minimum absolute atomic E-state index is 0.0334. The summed E-state index contributed by atoms with van der Waals surface area (Å²) in [6, 6.07) is 2.69. The summed E-state index contributed by atoms with van der Waals surface area (Å²) in [6.45, 7) is 4.55. The number of piperidine rings is 1. The van der Waals surface area contributed by atoms with Crippen molar-refractivity contribution in [2.24, 2.45) is 5.92 Å². The van der Waals surface area contributed by atoms with Gasteiger partial charge in [0.25, 0.3) is 0 Å². The van der Waals surface area contributed by atoms with E-state index in [9.17, 15) is 13.2 Å². The normalized spacial score (nSPS) is 18.8. The highest BCUT2D eigenvalue weighted by Crippen LogP contribution is 2.36. The van der Waals surface area contributed by atoms with Gasteiger partial charge in [-0.15, -0.1) is 0 Å². The van der Waals surface area contributed by atoms with Crippen LogP contribution in [0.3, 0.4) is 0 Å². The van der Waals surface area contributed by atoms with E-state index in [1.807, 2.05) is 0 Å². The molecule has 2 rings (SSSR count). The van der Waals surface area contributed by atoms with Gasteiger partial charge in [0.05, 0.1) is 29.2 Å². The van der Waals surface area contributed by atoms with Crippen LogP contribution >= 0.6 is 23.2 Å². The van der Waals surface area contributed by atoms with E-state index in [-0.39, 0.29) is 34.1 Å². The Kier molecular flexibility index (Phi) is 6.96. The summed E-state index contributed by atoms with van der Waals surface area (Å²) >= 11 is 12.3. The average molecular weight is 410 g/mol. The molecule has 0 radical (unpaired) electrons. The van der Waals surface area contributed by atoms with Gasteiger partial charge in [0.15, 0.2) is 0 Å². The molecule has 1 aliphatic rings. The van der Waals surface area contributed by atoms with Crippen LogP contribution < -0.4 is 4.74 Å². The van der Waals surface area contributed by atoms with Crippen LogP contribution in [0.15, 0.2) is 17.0 Å². The lowest BCUT2D eigenvalue weighted by atomic mass is 10.0. The third-order valence-corrected chi connectivity index (χ3v) is 6.53. The van der Waals surface area contributed by atoms with E-state index in [1.54, 1.807) is 13.8 Å². The molecule has 0 saturated carbocycles. The minimum Gasteiger partial charge on any atom is -0.492 e. The quantitative estimate of drug-likeness (QED) is 0.673. The Morgan fingerprint density at radius 1 is 1.24 bits per heavy atom. The zero-order valence-electron chi connectivity index (χ0n) is 14.1. The number of esters is 1. The van der Waals surface area contributed by atoms with Crippen LogP contribution in [0.4, 0.5) is 0 Å². The summed E-state index contributed by atoms with van der Waals surface area (Å²) in [7, 11) is -3.87. The summed E-state index contributed by atoms with van der Waals surface area (Å²) in [5, 5.41) is 0.204. The second-order valence-electron chi connectivity index (χ2n) is 5.60. The number of ether oxygens (including phenoxy) is 2. The smallest absolute Gasteiger partial charge is 0.310 e. The molecule has 6 nitrogen and oxygen atoms in total. The topological polar surface area (TPSA) is 72.9 Å². The Hall–Kier alpha value is -1.02. The van der Waals surface area contributed by atoms with Gasteiger partial charge in [0, 0.05) is 19.2 Å². The molecule has 9 heteroatoms. The number of benzene rings is 1. The molecule has 1 heterocycles. The molecule has 1 fully saturated rings. The van der Waals surface area contributed by atoms with Crippen LogP contribution in [-0.4, -0.2) is 45.0 Å². The Bertz CT molecular complexity index is 738. The maximum atomic E-state index is 12.9. The third-order valence-electron chi connectivity index (χ3n) is 3.91. The van der Waals surface area contributed by atoms with Gasteiger partial charge in [0.1, 0.15) is 10.6 Å². The molecule has 0 aliphatic carbocycles. The highest BCUT2D eigenvalue weighted by molar-refractivity contribution is 7.89. The molecule has 0 bridgehead atoms. The highest BCUT2D eigenvalue weighted by atomic mass is 35.5. The standard InChI is InChI=1S/C16H21Cl2NO5S/c1-3-23-14-8-13(18)15(9-12(14)17)25(21,22)19-7-5-6-11(10-19)16(20)24-4-2/h8-9,11H,3-7,10H2,1-2H3/t11-/m0/s1. The monoisotopic (exact) mass is 409 g/mol. The molecule has 1 aromatic carbocycles. The fourth-order valence-electron chi connectivity index (χ4n) is 2.73. The Morgan fingerprint density at radius 2 is 1.96 bits per heavy atom. The second-order valence-corrected chi connectivity index (χ2v) is 8.32. The summed E-state index contributed by atoms with van der Waals surface area (Å²) in [4.78, 5) is 11.8. The predicted molar refractivity (Wildman–Crippen MR) is 95.7 cm³/mol. The predicted octanol–water partition coefficient (Wildman–Crippen LogP) is 3.36. The third kappa shape index (κ3) is 4.58. The SMILES string of the molecule is CCOC(=O)[C@H]1CCCN(S(=O)(=O)c2cc(Cl)c(OCC)cc2Cl)C1. The van der Waals surface area contributed by atoms with E-state index >= 15 is 0 Å². The van der Waals surface area contributed by atoms with Crippen molar-refractivity contribution in [3.63, 3.8) is 0 Å². The average Bonchev–Trinajstić information content (AvgIpc) is 2.58. The van der Waals surface area contributed by atoms with Crippen molar-refractivity contribution in [3.8, 4) is 5.75 Å². The van der Waals surface area contributed by atoms with Crippen LogP contribution in [0.2, 0.25) is 10.0 Å². The van der Waals surface area contributed by atoms with Crippen molar-refractivity contribution >= 4 is 39.2 Å². The number of nitrogens with zero attached hydrogens (tertiary/aromatic N) is 1. The van der Waals surface area contributed by atoms with Crippen LogP contribution in [0, 0.1) is 5.92 Å². The van der Waals surface area contributed by atoms with E-state index in [0.717, 1.165) is 0 Å². The van der Waals surface area contributed by atoms with Crippen LogP contribution in [-0.2, 0) is 19.6 Å². The van der Waals surface area contributed by atoms with Gasteiger partial charge in [-0.3, -0.25) is 4.79 Å². The molecule has 0 amide bonds. The van der Waals surface area contributed by atoms with Gasteiger partial charge in [-0.25, -0.2) is 8.42 Å². The van der Waals surface area contributed by atoms with Gasteiger partial charge in [0.2, 0.25) is 10.0 Å². The molecule has 0 unspecified atom stereocenters. The second kappa shape index (κ2) is 8.58. The van der Waals surface area contributed by atoms with Gasteiger partial charge in [-0.1, -0.05) is 23.2 Å². The molecule has 0 aromatic heterocycles. The number of halogens is 2. The zero-order valence-corrected chi connectivity index (χ0v) is 16.5. The fraction of sp³-hybridized carbons (Fsp3) is 0.562. The number of hydrogen-bond acceptors (Lipinski definition) is 5. The Balaban J connectivity index is 2.29. The summed E-state index contributed by atoms with van der Waals surface area (Å²) in [5.41, 5.74) is 0. The molecule has 140 valence electrons. The molecule has 1 saturated heterocycles. The van der Waals surface area contributed by atoms with Gasteiger partial charge >= 0.3 is 5.97 Å². The van der Waals surface area contributed by atoms with E-state index in [4.69, 9.17) is 32.7 Å². The number of carbonyl (C=O) groups is 1. The molecule has 1 atom stereocenters. The number of carbonyl (C=O) groups excluding carboxylic acids is 1. The molecular weight excluding hydrogens is 389 g/mol. The number of hydrogen-bond donors (Lipinski definition) is 0. The summed E-state index contributed by atoms with van der Waals surface area (Å²) in [6.07, 6.45) is 1.17. The molecule has 0 N–H and O–H groups in total. The van der Waals surface area contributed by atoms with E-state index in [2.05, 4.69) is 0 Å². The Morgan fingerprint density at radius 3 is 2.60 bits per heavy atom. The van der Waals surface area contributed by atoms with E-state index in [1.165, 1.54) is 16.4 Å². The lowest BCUT2D eigenvalue weighted by Gasteiger charge is -2.31. The van der Waals surface area contributed by atoms with Crippen molar-refractivity contribution in [1.82, 2.24) is 4.31 Å². The summed E-state index contributed by atoms with van der Waals surface area (Å²) in [5.74, 6) is -0.519. The molecular formula is C16H21Cl2NO5S. The van der Waals surface area contributed by atoms with Gasteiger partial charge in [-0.05, 0) is 32.8 Å². The Labute approximate surface area is 158 Å².